The van der Waals surface area contributed by atoms with E-state index in [2.05, 4.69) is 22.2 Å². The number of rotatable bonds is 8. The van der Waals surface area contributed by atoms with E-state index in [1.807, 2.05) is 31.2 Å². The third kappa shape index (κ3) is 5.61. The molecule has 11 heteroatoms. The maximum Gasteiger partial charge on any atom is 0.354 e. The van der Waals surface area contributed by atoms with Gasteiger partial charge in [-0.05, 0) is 44.6 Å². The summed E-state index contributed by atoms with van der Waals surface area (Å²) in [5.74, 6) is -0.605. The first kappa shape index (κ1) is 24.6. The maximum atomic E-state index is 13.1. The summed E-state index contributed by atoms with van der Waals surface area (Å²) < 4.78 is 8.62. The van der Waals surface area contributed by atoms with Crippen LogP contribution in [0.5, 0.6) is 5.19 Å². The number of ether oxygens (including phenoxy) is 1. The third-order valence-corrected chi connectivity index (χ3v) is 7.17. The van der Waals surface area contributed by atoms with Gasteiger partial charge in [-0.25, -0.2) is 23.9 Å². The number of carboxylic acid groups (broad SMARTS) is 1. The topological polar surface area (TPSA) is 128 Å². The summed E-state index contributed by atoms with van der Waals surface area (Å²) in [6.45, 7) is 6.37. The molecule has 0 aliphatic heterocycles. The lowest BCUT2D eigenvalue weighted by Gasteiger charge is -2.34. The monoisotopic (exact) mass is 499 g/mol. The Morgan fingerprint density at radius 2 is 1.97 bits per heavy atom. The highest BCUT2D eigenvalue weighted by Crippen LogP contribution is 2.31. The summed E-state index contributed by atoms with van der Waals surface area (Å²) in [5.41, 5.74) is 1.11. The van der Waals surface area contributed by atoms with Gasteiger partial charge in [0.05, 0.1) is 12.7 Å². The molecule has 2 heterocycles. The lowest BCUT2D eigenvalue weighted by atomic mass is 9.84. The van der Waals surface area contributed by atoms with Gasteiger partial charge in [0.15, 0.2) is 0 Å². The van der Waals surface area contributed by atoms with Crippen LogP contribution in [0, 0.1) is 12.8 Å². The van der Waals surface area contributed by atoms with Crippen molar-refractivity contribution in [1.29, 1.82) is 0 Å². The maximum absolute atomic E-state index is 13.1. The molecule has 0 radical (unpaired) electrons. The smallest absolute Gasteiger partial charge is 0.354 e. The van der Waals surface area contributed by atoms with Crippen molar-refractivity contribution in [2.45, 2.75) is 65.3 Å². The summed E-state index contributed by atoms with van der Waals surface area (Å²) in [7, 11) is 0. The van der Waals surface area contributed by atoms with Crippen molar-refractivity contribution in [3.05, 3.63) is 67.4 Å². The van der Waals surface area contributed by atoms with E-state index in [1.165, 1.54) is 10.8 Å². The number of aromatic nitrogens is 4. The molecule has 1 saturated carbocycles. The Bertz CT molecular complexity index is 1310. The lowest BCUT2D eigenvalue weighted by molar-refractivity contribution is 0.0702. The summed E-state index contributed by atoms with van der Waals surface area (Å²) in [6, 6.07) is 7.91. The molecule has 1 aliphatic carbocycles. The van der Waals surface area contributed by atoms with Crippen LogP contribution in [-0.2, 0) is 13.1 Å². The molecule has 2 aromatic heterocycles. The van der Waals surface area contributed by atoms with Crippen LogP contribution < -0.4 is 21.4 Å². The normalized spacial score (nSPS) is 19.9. The van der Waals surface area contributed by atoms with Crippen LogP contribution in [0.3, 0.4) is 0 Å². The van der Waals surface area contributed by atoms with Crippen molar-refractivity contribution in [2.75, 3.05) is 5.32 Å². The zero-order valence-electron chi connectivity index (χ0n) is 19.9. The van der Waals surface area contributed by atoms with E-state index in [1.54, 1.807) is 6.92 Å². The molecular weight excluding hydrogens is 470 g/mol. The van der Waals surface area contributed by atoms with Crippen LogP contribution in [0.25, 0.3) is 0 Å². The first-order valence-corrected chi connectivity index (χ1v) is 12.5. The fourth-order valence-corrected chi connectivity index (χ4v) is 4.98. The molecule has 10 nitrogen and oxygen atoms in total. The zero-order chi connectivity index (χ0) is 25.1. The Labute approximate surface area is 206 Å². The summed E-state index contributed by atoms with van der Waals surface area (Å²) >= 11 is 1.02. The standard InChI is InChI=1S/C24H29N5O5S/c1-4-28-22(32)27-21(29(24(28)33)13-16-7-5-14(2)6-8-16)26-17-9-10-18(15(3)11-17)34-23-25-12-19(35-23)20(30)31/h5-8,12,15,17-18H,4,9-11,13H2,1-3H3,(H,30,31)(H,26,27,32). The Hall–Kier alpha value is -3.47. The zero-order valence-corrected chi connectivity index (χ0v) is 20.7. The molecule has 3 unspecified atom stereocenters. The molecule has 3 atom stereocenters. The van der Waals surface area contributed by atoms with Gasteiger partial charge in [-0.3, -0.25) is 4.57 Å². The van der Waals surface area contributed by atoms with Crippen molar-refractivity contribution >= 4 is 23.3 Å². The molecule has 1 aliphatic rings. The Balaban J connectivity index is 1.50. The number of carbonyl (C=O) groups is 1. The molecule has 1 aromatic carbocycles. The van der Waals surface area contributed by atoms with E-state index in [0.717, 1.165) is 46.3 Å². The number of thiazole rings is 1. The number of benzene rings is 1. The average Bonchev–Trinajstić information content (AvgIpc) is 3.29. The number of anilines is 1. The largest absolute Gasteiger partial charge is 0.477 e. The highest BCUT2D eigenvalue weighted by atomic mass is 32.1. The molecular formula is C24H29N5O5S. The minimum Gasteiger partial charge on any atom is -0.477 e. The van der Waals surface area contributed by atoms with Crippen molar-refractivity contribution in [2.24, 2.45) is 5.92 Å². The molecule has 0 spiro atoms. The van der Waals surface area contributed by atoms with Crippen molar-refractivity contribution in [1.82, 2.24) is 19.1 Å². The Morgan fingerprint density at radius 3 is 2.60 bits per heavy atom. The number of nitrogens with zero attached hydrogens (tertiary/aromatic N) is 4. The highest BCUT2D eigenvalue weighted by Gasteiger charge is 2.31. The molecule has 3 aromatic rings. The summed E-state index contributed by atoms with van der Waals surface area (Å²) in [6.07, 6.45) is 3.39. The second-order valence-electron chi connectivity index (χ2n) is 8.90. The van der Waals surface area contributed by atoms with E-state index >= 15 is 0 Å². The van der Waals surface area contributed by atoms with Gasteiger partial charge in [0, 0.05) is 12.6 Å². The van der Waals surface area contributed by atoms with Gasteiger partial charge in [-0.15, -0.1) is 0 Å². The van der Waals surface area contributed by atoms with Crippen LogP contribution >= 0.6 is 11.3 Å². The van der Waals surface area contributed by atoms with Crippen molar-refractivity contribution < 1.29 is 14.6 Å². The van der Waals surface area contributed by atoms with E-state index in [9.17, 15) is 14.4 Å². The van der Waals surface area contributed by atoms with Gasteiger partial charge >= 0.3 is 17.3 Å². The minimum absolute atomic E-state index is 0.00349. The number of nitrogens with one attached hydrogen (secondary N) is 1. The van der Waals surface area contributed by atoms with Crippen molar-refractivity contribution in [3.8, 4) is 5.19 Å². The van der Waals surface area contributed by atoms with Crippen molar-refractivity contribution in [3.63, 3.8) is 0 Å². The summed E-state index contributed by atoms with van der Waals surface area (Å²) in [5, 5.41) is 12.8. The van der Waals surface area contributed by atoms with Gasteiger partial charge in [0.25, 0.3) is 5.19 Å². The van der Waals surface area contributed by atoms with E-state index in [4.69, 9.17) is 9.84 Å². The fourth-order valence-electron chi connectivity index (χ4n) is 4.33. The van der Waals surface area contributed by atoms with E-state index < -0.39 is 17.3 Å². The van der Waals surface area contributed by atoms with Gasteiger partial charge in [0.1, 0.15) is 11.0 Å². The molecule has 0 amide bonds. The van der Waals surface area contributed by atoms with Gasteiger partial charge in [-0.2, -0.15) is 4.98 Å². The first-order valence-electron chi connectivity index (χ1n) is 11.6. The van der Waals surface area contributed by atoms with Crippen LogP contribution in [0.15, 0.2) is 40.1 Å². The van der Waals surface area contributed by atoms with Crippen LogP contribution in [0.1, 0.15) is 53.9 Å². The Kier molecular flexibility index (Phi) is 7.34. The second kappa shape index (κ2) is 10.4. The molecule has 35 heavy (non-hydrogen) atoms. The predicted molar refractivity (Wildman–Crippen MR) is 133 cm³/mol. The molecule has 2 N–H and O–H groups in total. The van der Waals surface area contributed by atoms with Gasteiger partial charge in [0.2, 0.25) is 5.95 Å². The fraction of sp³-hybridized carbons (Fsp3) is 0.458. The number of hydrogen-bond donors (Lipinski definition) is 2. The third-order valence-electron chi connectivity index (χ3n) is 6.30. The van der Waals surface area contributed by atoms with Crippen LogP contribution in [-0.4, -0.2) is 42.3 Å². The first-order chi connectivity index (χ1) is 16.7. The number of hydrogen-bond acceptors (Lipinski definition) is 8. The quantitative estimate of drug-likeness (QED) is 0.484. The van der Waals surface area contributed by atoms with Gasteiger partial charge in [-0.1, -0.05) is 48.1 Å². The minimum atomic E-state index is -1.02. The SMILES string of the molecule is CCn1c(=O)nc(NC2CCC(Oc3ncc(C(=O)O)s3)C(C)C2)n(Cc2ccc(C)cc2)c1=O. The van der Waals surface area contributed by atoms with E-state index in [-0.39, 0.29) is 35.4 Å². The second-order valence-corrected chi connectivity index (χ2v) is 9.89. The van der Waals surface area contributed by atoms with Gasteiger partial charge < -0.3 is 15.2 Å². The molecule has 186 valence electrons. The number of aromatic carboxylic acids is 1. The summed E-state index contributed by atoms with van der Waals surface area (Å²) in [4.78, 5) is 45.1. The van der Waals surface area contributed by atoms with Crippen LogP contribution in [0.2, 0.25) is 0 Å². The highest BCUT2D eigenvalue weighted by molar-refractivity contribution is 7.15. The number of aryl methyl sites for hydroxylation is 1. The lowest BCUT2D eigenvalue weighted by Crippen LogP contribution is -2.44. The average molecular weight is 500 g/mol. The van der Waals surface area contributed by atoms with Crippen LogP contribution in [0.4, 0.5) is 5.95 Å². The van der Waals surface area contributed by atoms with E-state index in [0.29, 0.717) is 11.7 Å². The number of carboxylic acids is 1. The molecule has 1 fully saturated rings. The predicted octanol–water partition coefficient (Wildman–Crippen LogP) is 2.98. The molecule has 4 rings (SSSR count). The molecule has 0 saturated heterocycles. The Morgan fingerprint density at radius 1 is 1.23 bits per heavy atom. The molecule has 0 bridgehead atoms.